The van der Waals surface area contributed by atoms with Gasteiger partial charge in [-0.1, -0.05) is 37.3 Å². The van der Waals surface area contributed by atoms with Gasteiger partial charge in [-0.25, -0.2) is 0 Å². The third kappa shape index (κ3) is 6.07. The van der Waals surface area contributed by atoms with E-state index in [1.165, 1.54) is 5.56 Å². The van der Waals surface area contributed by atoms with Crippen molar-refractivity contribution in [2.75, 3.05) is 13.1 Å². The summed E-state index contributed by atoms with van der Waals surface area (Å²) in [6.07, 6.45) is 1.38. The largest absolute Gasteiger partial charge is 0.461 e. The number of carbonyl (C=O) groups is 1. The van der Waals surface area contributed by atoms with Crippen LogP contribution in [0.4, 0.5) is 0 Å². The summed E-state index contributed by atoms with van der Waals surface area (Å²) in [6.45, 7) is 5.32. The molecule has 0 aromatic heterocycles. The first-order valence-electron chi connectivity index (χ1n) is 6.16. The van der Waals surface area contributed by atoms with E-state index >= 15 is 0 Å². The van der Waals surface area contributed by atoms with Crippen LogP contribution in [0.25, 0.3) is 0 Å². The van der Waals surface area contributed by atoms with E-state index in [4.69, 9.17) is 4.74 Å². The molecule has 0 saturated heterocycles. The Hall–Kier alpha value is -1.35. The van der Waals surface area contributed by atoms with Crippen molar-refractivity contribution in [1.29, 1.82) is 0 Å². The van der Waals surface area contributed by atoms with Crippen LogP contribution < -0.4 is 5.32 Å². The summed E-state index contributed by atoms with van der Waals surface area (Å²) >= 11 is 0. The molecule has 1 atom stereocenters. The molecule has 1 rings (SSSR count). The highest BCUT2D eigenvalue weighted by molar-refractivity contribution is 5.69. The van der Waals surface area contributed by atoms with Gasteiger partial charge >= 0.3 is 5.97 Å². The molecular weight excluding hydrogens is 214 g/mol. The van der Waals surface area contributed by atoms with Crippen LogP contribution in [0.15, 0.2) is 30.3 Å². The van der Waals surface area contributed by atoms with E-state index in [2.05, 4.69) is 17.4 Å². The highest BCUT2D eigenvalue weighted by Crippen LogP contribution is 1.98. The minimum absolute atomic E-state index is 0.0572. The van der Waals surface area contributed by atoms with E-state index in [0.29, 0.717) is 13.0 Å². The fourth-order valence-electron chi connectivity index (χ4n) is 1.53. The molecule has 0 bridgehead atoms. The zero-order valence-corrected chi connectivity index (χ0v) is 10.6. The topological polar surface area (TPSA) is 38.3 Å². The van der Waals surface area contributed by atoms with Crippen LogP contribution in [0.1, 0.15) is 25.8 Å². The number of rotatable bonds is 7. The van der Waals surface area contributed by atoms with E-state index in [0.717, 1.165) is 13.0 Å². The molecule has 94 valence electrons. The second-order valence-corrected chi connectivity index (χ2v) is 4.09. The van der Waals surface area contributed by atoms with Gasteiger partial charge in [-0.3, -0.25) is 4.79 Å². The Morgan fingerprint density at radius 1 is 1.35 bits per heavy atom. The fraction of sp³-hybridized carbons (Fsp3) is 0.500. The predicted octanol–water partition coefficient (Wildman–Crippen LogP) is 2.16. The van der Waals surface area contributed by atoms with Crippen molar-refractivity contribution in [3.05, 3.63) is 35.9 Å². The van der Waals surface area contributed by atoms with Crippen LogP contribution in [-0.2, 0) is 16.0 Å². The number of nitrogens with one attached hydrogen (secondary N) is 1. The lowest BCUT2D eigenvalue weighted by molar-refractivity contribution is -0.147. The van der Waals surface area contributed by atoms with E-state index in [1.54, 1.807) is 6.92 Å². The van der Waals surface area contributed by atoms with Crippen LogP contribution in [0.2, 0.25) is 0 Å². The highest BCUT2D eigenvalue weighted by Gasteiger charge is 2.06. The standard InChI is InChI=1S/C14H21NO2/c1-3-14(16)17-12(2)11-15-10-9-13-7-5-4-6-8-13/h4-8,12,15H,3,9-11H2,1-2H3. The summed E-state index contributed by atoms with van der Waals surface area (Å²) in [4.78, 5) is 11.0. The maximum Gasteiger partial charge on any atom is 0.305 e. The summed E-state index contributed by atoms with van der Waals surface area (Å²) in [5.74, 6) is -0.137. The molecule has 1 unspecified atom stereocenters. The van der Waals surface area contributed by atoms with Crippen molar-refractivity contribution in [3.63, 3.8) is 0 Å². The molecule has 0 radical (unpaired) electrons. The summed E-state index contributed by atoms with van der Waals surface area (Å²) in [5, 5.41) is 3.29. The molecule has 0 aliphatic carbocycles. The lowest BCUT2D eigenvalue weighted by Crippen LogP contribution is -2.30. The molecule has 1 aromatic rings. The Labute approximate surface area is 103 Å². The van der Waals surface area contributed by atoms with Gasteiger partial charge in [0, 0.05) is 13.0 Å². The maximum atomic E-state index is 11.0. The lowest BCUT2D eigenvalue weighted by atomic mass is 10.1. The van der Waals surface area contributed by atoms with E-state index in [-0.39, 0.29) is 12.1 Å². The fourth-order valence-corrected chi connectivity index (χ4v) is 1.53. The van der Waals surface area contributed by atoms with Crippen molar-refractivity contribution in [3.8, 4) is 0 Å². The van der Waals surface area contributed by atoms with E-state index in [1.807, 2.05) is 25.1 Å². The van der Waals surface area contributed by atoms with Crippen LogP contribution in [-0.4, -0.2) is 25.2 Å². The first-order chi connectivity index (χ1) is 8.22. The molecule has 0 fully saturated rings. The predicted molar refractivity (Wildman–Crippen MR) is 68.9 cm³/mol. The zero-order valence-electron chi connectivity index (χ0n) is 10.6. The third-order valence-corrected chi connectivity index (χ3v) is 2.49. The second kappa shape index (κ2) is 7.85. The first kappa shape index (κ1) is 13.7. The third-order valence-electron chi connectivity index (χ3n) is 2.49. The average molecular weight is 235 g/mol. The average Bonchev–Trinajstić information content (AvgIpc) is 2.36. The molecule has 0 amide bonds. The van der Waals surface area contributed by atoms with Crippen LogP contribution in [0.5, 0.6) is 0 Å². The minimum Gasteiger partial charge on any atom is -0.461 e. The van der Waals surface area contributed by atoms with E-state index < -0.39 is 0 Å². The smallest absolute Gasteiger partial charge is 0.305 e. The van der Waals surface area contributed by atoms with Crippen LogP contribution >= 0.6 is 0 Å². The molecule has 3 nitrogen and oxygen atoms in total. The lowest BCUT2D eigenvalue weighted by Gasteiger charge is -2.13. The number of benzene rings is 1. The molecular formula is C14H21NO2. The van der Waals surface area contributed by atoms with Gasteiger partial charge in [0.05, 0.1) is 0 Å². The van der Waals surface area contributed by atoms with Gasteiger partial charge in [-0.15, -0.1) is 0 Å². The number of carbonyl (C=O) groups excluding carboxylic acids is 1. The second-order valence-electron chi connectivity index (χ2n) is 4.09. The van der Waals surface area contributed by atoms with Crippen LogP contribution in [0.3, 0.4) is 0 Å². The Kier molecular flexibility index (Phi) is 6.33. The Morgan fingerprint density at radius 3 is 2.71 bits per heavy atom. The Balaban J connectivity index is 2.10. The summed E-state index contributed by atoms with van der Waals surface area (Å²) < 4.78 is 5.15. The molecule has 0 heterocycles. The van der Waals surface area contributed by atoms with Gasteiger partial charge in [0.2, 0.25) is 0 Å². The highest BCUT2D eigenvalue weighted by atomic mass is 16.5. The molecule has 3 heteroatoms. The quantitative estimate of drug-likeness (QED) is 0.581. The number of hydrogen-bond donors (Lipinski definition) is 1. The molecule has 0 spiro atoms. The number of esters is 1. The molecule has 0 aliphatic heterocycles. The van der Waals surface area contributed by atoms with Gasteiger partial charge in [0.15, 0.2) is 0 Å². The van der Waals surface area contributed by atoms with Gasteiger partial charge in [-0.05, 0) is 25.5 Å². The molecule has 0 aliphatic rings. The van der Waals surface area contributed by atoms with Gasteiger partial charge in [0.25, 0.3) is 0 Å². The molecule has 1 N–H and O–H groups in total. The summed E-state index contributed by atoms with van der Waals surface area (Å²) in [7, 11) is 0. The van der Waals surface area contributed by atoms with E-state index in [9.17, 15) is 4.79 Å². The molecule has 0 saturated carbocycles. The maximum absolute atomic E-state index is 11.0. The number of ether oxygens (including phenoxy) is 1. The van der Waals surface area contributed by atoms with Crippen molar-refractivity contribution in [2.45, 2.75) is 32.8 Å². The minimum atomic E-state index is -0.137. The summed E-state index contributed by atoms with van der Waals surface area (Å²) in [6, 6.07) is 10.3. The SMILES string of the molecule is CCC(=O)OC(C)CNCCc1ccccc1. The van der Waals surface area contributed by atoms with Crippen molar-refractivity contribution in [2.24, 2.45) is 0 Å². The number of hydrogen-bond acceptors (Lipinski definition) is 3. The monoisotopic (exact) mass is 235 g/mol. The molecule has 1 aromatic carbocycles. The van der Waals surface area contributed by atoms with Gasteiger partial charge < -0.3 is 10.1 Å². The zero-order chi connectivity index (χ0) is 12.5. The van der Waals surface area contributed by atoms with Gasteiger partial charge in [0.1, 0.15) is 6.10 Å². The van der Waals surface area contributed by atoms with Crippen LogP contribution in [0, 0.1) is 0 Å². The first-order valence-corrected chi connectivity index (χ1v) is 6.16. The van der Waals surface area contributed by atoms with Crippen molar-refractivity contribution >= 4 is 5.97 Å². The molecule has 17 heavy (non-hydrogen) atoms. The van der Waals surface area contributed by atoms with Crippen molar-refractivity contribution < 1.29 is 9.53 Å². The van der Waals surface area contributed by atoms with Gasteiger partial charge in [-0.2, -0.15) is 0 Å². The Bertz CT molecular complexity index is 324. The van der Waals surface area contributed by atoms with Crippen molar-refractivity contribution in [1.82, 2.24) is 5.32 Å². The summed E-state index contributed by atoms with van der Waals surface area (Å²) in [5.41, 5.74) is 1.32. The normalized spacial score (nSPS) is 12.1. The Morgan fingerprint density at radius 2 is 2.06 bits per heavy atom.